The molecule has 1 spiro atoms. The van der Waals surface area contributed by atoms with Crippen LogP contribution in [0.25, 0.3) is 0 Å². The van der Waals surface area contributed by atoms with Crippen molar-refractivity contribution in [2.75, 3.05) is 13.1 Å². The summed E-state index contributed by atoms with van der Waals surface area (Å²) in [6.45, 7) is 4.58. The van der Waals surface area contributed by atoms with Gasteiger partial charge in [0.15, 0.2) is 0 Å². The normalized spacial score (nSPS) is 59.8. The molecule has 2 unspecified atom stereocenters. The minimum atomic E-state index is -0.194. The number of fused-ring (bicyclic) bond motifs is 4. The van der Waals surface area contributed by atoms with E-state index in [1.165, 1.54) is 38.5 Å². The molecule has 122 valence electrons. The summed E-state index contributed by atoms with van der Waals surface area (Å²) in [5.74, 6) is 3.23. The number of Topliss-reactive ketones (excluding diaryl/α,β-unsaturated/α-hetero) is 1. The van der Waals surface area contributed by atoms with Gasteiger partial charge in [-0.15, -0.1) is 0 Å². The molecule has 5 rings (SSSR count). The van der Waals surface area contributed by atoms with Gasteiger partial charge in [-0.1, -0.05) is 6.92 Å². The second-order valence-electron chi connectivity index (χ2n) is 9.32. The second-order valence-corrected chi connectivity index (χ2v) is 9.32. The number of aliphatic hydroxyl groups excluding tert-OH is 1. The van der Waals surface area contributed by atoms with E-state index >= 15 is 0 Å². The molecule has 0 aromatic rings. The Hall–Kier alpha value is -0.410. The predicted octanol–water partition coefficient (Wildman–Crippen LogP) is 2.82. The molecule has 0 radical (unpaired) electrons. The van der Waals surface area contributed by atoms with E-state index in [9.17, 15) is 9.90 Å². The summed E-state index contributed by atoms with van der Waals surface area (Å²) in [5, 5.41) is 11.0. The molecular weight excluding hydrogens is 274 g/mol. The number of hydrogen-bond acceptors (Lipinski definition) is 3. The maximum atomic E-state index is 12.1. The zero-order chi connectivity index (χ0) is 15.1. The summed E-state index contributed by atoms with van der Waals surface area (Å²) in [7, 11) is 0. The van der Waals surface area contributed by atoms with Gasteiger partial charge < -0.3 is 5.11 Å². The summed E-state index contributed by atoms with van der Waals surface area (Å²) >= 11 is 0. The van der Waals surface area contributed by atoms with E-state index in [-0.39, 0.29) is 17.1 Å². The van der Waals surface area contributed by atoms with Crippen LogP contribution in [0.1, 0.15) is 58.3 Å². The van der Waals surface area contributed by atoms with Gasteiger partial charge in [0.2, 0.25) is 0 Å². The van der Waals surface area contributed by atoms with Crippen molar-refractivity contribution in [3.05, 3.63) is 0 Å². The van der Waals surface area contributed by atoms with Crippen LogP contribution in [0.2, 0.25) is 0 Å². The summed E-state index contributed by atoms with van der Waals surface area (Å²) in [6, 6.07) is 0. The van der Waals surface area contributed by atoms with Gasteiger partial charge in [-0.05, 0) is 67.6 Å². The Balaban J connectivity index is 1.54. The lowest BCUT2D eigenvalue weighted by atomic mass is 9.46. The monoisotopic (exact) mass is 303 g/mol. The van der Waals surface area contributed by atoms with E-state index in [2.05, 4.69) is 11.8 Å². The molecule has 22 heavy (non-hydrogen) atoms. The van der Waals surface area contributed by atoms with Crippen LogP contribution in [0.15, 0.2) is 0 Å². The summed E-state index contributed by atoms with van der Waals surface area (Å²) in [4.78, 5) is 14.5. The van der Waals surface area contributed by atoms with Crippen LogP contribution < -0.4 is 0 Å². The third-order valence-electron chi connectivity index (χ3n) is 8.73. The highest BCUT2D eigenvalue weighted by Gasteiger charge is 2.65. The largest absolute Gasteiger partial charge is 0.378 e. The molecule has 2 aliphatic heterocycles. The Morgan fingerprint density at radius 3 is 2.82 bits per heavy atom. The molecule has 2 saturated heterocycles. The minimum Gasteiger partial charge on any atom is -0.378 e. The molecule has 3 nitrogen and oxygen atoms in total. The summed E-state index contributed by atoms with van der Waals surface area (Å²) in [5.41, 5.74) is 0.452. The first-order valence-corrected chi connectivity index (χ1v) is 9.48. The van der Waals surface area contributed by atoms with Crippen LogP contribution in [-0.4, -0.2) is 35.1 Å². The maximum Gasteiger partial charge on any atom is 0.133 e. The van der Waals surface area contributed by atoms with Crippen LogP contribution in [-0.2, 0) is 4.79 Å². The summed E-state index contributed by atoms with van der Waals surface area (Å²) < 4.78 is 0. The highest BCUT2D eigenvalue weighted by molar-refractivity contribution is 5.82. The Bertz CT molecular complexity index is 520. The lowest BCUT2D eigenvalue weighted by Crippen LogP contribution is -2.59. The van der Waals surface area contributed by atoms with Crippen molar-refractivity contribution in [3.8, 4) is 0 Å². The Labute approximate surface area is 133 Å². The zero-order valence-electron chi connectivity index (χ0n) is 13.8. The number of carbonyl (C=O) groups is 1. The standard InChI is InChI=1S/C19H29NO2/c1-18-6-4-15-14(16(18)10-13(21)11-18)3-2-12-5-8-20-9-7-19(12,15)17(20)22/h12,14-17,22H,2-11H2,1H3/t12-,14-,15+,16+,17?,18-,19-/m1/s1. The fourth-order valence-electron chi connectivity index (χ4n) is 7.79. The molecule has 5 fully saturated rings. The van der Waals surface area contributed by atoms with Crippen LogP contribution in [0, 0.1) is 34.5 Å². The quantitative estimate of drug-likeness (QED) is 0.748. The molecule has 3 saturated carbocycles. The maximum absolute atomic E-state index is 12.1. The van der Waals surface area contributed by atoms with Gasteiger partial charge in [0, 0.05) is 31.3 Å². The molecule has 3 aliphatic carbocycles. The number of nitrogens with zero attached hydrogens (tertiary/aromatic N) is 1. The Morgan fingerprint density at radius 2 is 1.95 bits per heavy atom. The third-order valence-corrected chi connectivity index (χ3v) is 8.73. The fraction of sp³-hybridized carbons (Fsp3) is 0.947. The van der Waals surface area contributed by atoms with Gasteiger partial charge in [0.1, 0.15) is 12.0 Å². The second kappa shape index (κ2) is 4.36. The van der Waals surface area contributed by atoms with Crippen molar-refractivity contribution in [2.24, 2.45) is 34.5 Å². The van der Waals surface area contributed by atoms with Crippen LogP contribution >= 0.6 is 0 Å². The molecule has 5 aliphatic rings. The lowest BCUT2D eigenvalue weighted by molar-refractivity contribution is -0.185. The number of rotatable bonds is 0. The molecular formula is C19H29NO2. The average molecular weight is 303 g/mol. The first-order valence-electron chi connectivity index (χ1n) is 9.48. The SMILES string of the molecule is C[C@]12CC[C@H]3[C@@H](CC[C@@H]4CCN5CC[C@@]43C5O)[C@@H]1CC(=O)C2. The zero-order valence-corrected chi connectivity index (χ0v) is 13.8. The average Bonchev–Trinajstić information content (AvgIpc) is 2.88. The van der Waals surface area contributed by atoms with Crippen LogP contribution in [0.5, 0.6) is 0 Å². The van der Waals surface area contributed by atoms with Crippen molar-refractivity contribution in [1.82, 2.24) is 4.90 Å². The van der Waals surface area contributed by atoms with E-state index < -0.39 is 0 Å². The predicted molar refractivity (Wildman–Crippen MR) is 84.0 cm³/mol. The molecule has 1 N–H and O–H groups in total. The fourth-order valence-corrected chi connectivity index (χ4v) is 7.79. The Morgan fingerprint density at radius 1 is 1.09 bits per heavy atom. The van der Waals surface area contributed by atoms with Crippen molar-refractivity contribution < 1.29 is 9.90 Å². The molecule has 0 aromatic carbocycles. The topological polar surface area (TPSA) is 40.5 Å². The van der Waals surface area contributed by atoms with Gasteiger partial charge in [0.05, 0.1) is 0 Å². The van der Waals surface area contributed by atoms with Crippen LogP contribution in [0.3, 0.4) is 0 Å². The molecule has 2 bridgehead atoms. The first kappa shape index (κ1) is 14.0. The number of hydrogen-bond donors (Lipinski definition) is 1. The smallest absolute Gasteiger partial charge is 0.133 e. The van der Waals surface area contributed by atoms with Gasteiger partial charge in [-0.2, -0.15) is 0 Å². The van der Waals surface area contributed by atoms with E-state index in [4.69, 9.17) is 0 Å². The van der Waals surface area contributed by atoms with E-state index in [0.29, 0.717) is 23.5 Å². The van der Waals surface area contributed by atoms with Gasteiger partial charge in [0.25, 0.3) is 0 Å². The van der Waals surface area contributed by atoms with Crippen molar-refractivity contribution in [3.63, 3.8) is 0 Å². The molecule has 0 aromatic heterocycles. The third kappa shape index (κ3) is 1.53. The highest BCUT2D eigenvalue weighted by Crippen LogP contribution is 2.67. The Kier molecular flexibility index (Phi) is 2.77. The van der Waals surface area contributed by atoms with Gasteiger partial charge in [-0.3, -0.25) is 9.69 Å². The van der Waals surface area contributed by atoms with Crippen molar-refractivity contribution in [1.29, 1.82) is 0 Å². The van der Waals surface area contributed by atoms with Gasteiger partial charge in [-0.25, -0.2) is 0 Å². The number of carbonyl (C=O) groups excluding carboxylic acids is 1. The minimum absolute atomic E-state index is 0.175. The number of ketones is 1. The van der Waals surface area contributed by atoms with E-state index in [1.54, 1.807) is 0 Å². The lowest BCUT2D eigenvalue weighted by Gasteiger charge is -2.60. The highest BCUT2D eigenvalue weighted by atomic mass is 16.3. The molecule has 2 heterocycles. The van der Waals surface area contributed by atoms with Gasteiger partial charge >= 0.3 is 0 Å². The first-order chi connectivity index (χ1) is 10.5. The molecule has 8 atom stereocenters. The number of piperidine rings is 1. The van der Waals surface area contributed by atoms with E-state index in [0.717, 1.165) is 31.8 Å². The molecule has 3 heteroatoms. The van der Waals surface area contributed by atoms with E-state index in [1.807, 2.05) is 0 Å². The van der Waals surface area contributed by atoms with Crippen molar-refractivity contribution >= 4 is 5.78 Å². The summed E-state index contributed by atoms with van der Waals surface area (Å²) in [6.07, 6.45) is 9.05. The van der Waals surface area contributed by atoms with Crippen LogP contribution in [0.4, 0.5) is 0 Å². The van der Waals surface area contributed by atoms with Crippen molar-refractivity contribution in [2.45, 2.75) is 64.5 Å². The number of aliphatic hydroxyl groups is 1. The molecule has 0 amide bonds.